The van der Waals surface area contributed by atoms with Crippen LogP contribution in [0.5, 0.6) is 0 Å². The third-order valence-electron chi connectivity index (χ3n) is 3.41. The molecule has 11 heteroatoms. The lowest BCUT2D eigenvalue weighted by atomic mass is 9.99. The summed E-state index contributed by atoms with van der Waals surface area (Å²) < 4.78 is 7.02. The third kappa shape index (κ3) is 5.69. The van der Waals surface area contributed by atoms with Crippen LogP contribution in [0, 0.1) is 0 Å². The van der Waals surface area contributed by atoms with Crippen LogP contribution in [-0.4, -0.2) is 35.0 Å². The molecule has 0 aliphatic heterocycles. The molecule has 2 rings (SSSR count). The quantitative estimate of drug-likeness (QED) is 0.426. The highest BCUT2D eigenvalue weighted by Gasteiger charge is 2.33. The Morgan fingerprint density at radius 1 is 0.923 bits per heavy atom. The molecular formula is C15H13Cl6N3O2. The second kappa shape index (κ2) is 8.50. The van der Waals surface area contributed by atoms with Crippen molar-refractivity contribution in [2.45, 2.75) is 19.8 Å². The van der Waals surface area contributed by atoms with E-state index in [0.717, 1.165) is 5.57 Å². The van der Waals surface area contributed by atoms with Gasteiger partial charge in [0.1, 0.15) is 0 Å². The zero-order chi connectivity index (χ0) is 19.6. The fourth-order valence-electron chi connectivity index (χ4n) is 2.10. The third-order valence-corrected chi connectivity index (χ3v) is 4.42. The number of aromatic nitrogens is 3. The molecule has 0 bridgehead atoms. The Kier molecular flexibility index (Phi) is 7.25. The molecule has 0 aromatic carbocycles. The molecule has 0 spiro atoms. The average Bonchev–Trinajstić information content (AvgIpc) is 2.58. The lowest BCUT2D eigenvalue weighted by Gasteiger charge is -2.29. The zero-order valence-electron chi connectivity index (χ0n) is 13.5. The van der Waals surface area contributed by atoms with E-state index in [4.69, 9.17) is 79.1 Å². The lowest BCUT2D eigenvalue weighted by molar-refractivity contribution is -0.168. The molecule has 0 amide bonds. The first-order chi connectivity index (χ1) is 12.0. The van der Waals surface area contributed by atoms with Crippen LogP contribution in [0.25, 0.3) is 6.08 Å². The Bertz CT molecular complexity index is 716. The Balaban J connectivity index is 2.36. The molecule has 0 saturated heterocycles. The van der Waals surface area contributed by atoms with E-state index < -0.39 is 13.4 Å². The molecule has 26 heavy (non-hydrogen) atoms. The van der Waals surface area contributed by atoms with E-state index >= 15 is 0 Å². The smallest absolute Gasteiger partial charge is 0.250 e. The van der Waals surface area contributed by atoms with Crippen LogP contribution in [0.3, 0.4) is 0 Å². The van der Waals surface area contributed by atoms with E-state index in [0.29, 0.717) is 6.42 Å². The van der Waals surface area contributed by atoms with Gasteiger partial charge in [-0.2, -0.15) is 0 Å². The second-order valence-corrected chi connectivity index (χ2v) is 9.73. The predicted octanol–water partition coefficient (Wildman–Crippen LogP) is 5.41. The maximum Gasteiger partial charge on any atom is 0.250 e. The SMILES string of the molecule is COC1(OC)C=CC=C(C=Cc2nc(C(Cl)(Cl)Cl)nc(C(Cl)(Cl)Cl)n2)C1. The fourth-order valence-corrected chi connectivity index (χ4v) is 2.61. The highest BCUT2D eigenvalue weighted by molar-refractivity contribution is 6.67. The number of hydrogen-bond acceptors (Lipinski definition) is 5. The van der Waals surface area contributed by atoms with Gasteiger partial charge < -0.3 is 9.47 Å². The van der Waals surface area contributed by atoms with E-state index in [-0.39, 0.29) is 17.5 Å². The molecular weight excluding hydrogens is 467 g/mol. The van der Waals surface area contributed by atoms with Gasteiger partial charge in [0.25, 0.3) is 0 Å². The van der Waals surface area contributed by atoms with Crippen LogP contribution in [0.4, 0.5) is 0 Å². The van der Waals surface area contributed by atoms with Crippen molar-refractivity contribution in [2.24, 2.45) is 0 Å². The number of alkyl halides is 6. The lowest BCUT2D eigenvalue weighted by Crippen LogP contribution is -2.32. The minimum Gasteiger partial charge on any atom is -0.349 e. The van der Waals surface area contributed by atoms with Crippen molar-refractivity contribution in [1.82, 2.24) is 15.0 Å². The summed E-state index contributed by atoms with van der Waals surface area (Å²) in [7, 11) is 3.13. The number of methoxy groups -OCH3 is 2. The summed E-state index contributed by atoms with van der Waals surface area (Å²) in [5.74, 6) is -0.976. The maximum atomic E-state index is 5.85. The van der Waals surface area contributed by atoms with Gasteiger partial charge in [0.2, 0.25) is 7.59 Å². The van der Waals surface area contributed by atoms with Gasteiger partial charge in [0.05, 0.1) is 0 Å². The van der Waals surface area contributed by atoms with Crippen LogP contribution >= 0.6 is 69.6 Å². The molecule has 1 aromatic heterocycles. The number of ether oxygens (including phenoxy) is 2. The molecule has 0 radical (unpaired) electrons. The molecule has 142 valence electrons. The van der Waals surface area contributed by atoms with Crippen LogP contribution < -0.4 is 0 Å². The summed E-state index contributed by atoms with van der Waals surface area (Å²) in [6.07, 6.45) is 9.35. The van der Waals surface area contributed by atoms with Crippen molar-refractivity contribution in [3.8, 4) is 0 Å². The Morgan fingerprint density at radius 3 is 1.92 bits per heavy atom. The average molecular weight is 480 g/mol. The van der Waals surface area contributed by atoms with Crippen molar-refractivity contribution in [3.63, 3.8) is 0 Å². The van der Waals surface area contributed by atoms with Crippen molar-refractivity contribution in [1.29, 1.82) is 0 Å². The van der Waals surface area contributed by atoms with Crippen molar-refractivity contribution < 1.29 is 9.47 Å². The minimum absolute atomic E-state index is 0.154. The van der Waals surface area contributed by atoms with Gasteiger partial charge in [0, 0.05) is 20.6 Å². The molecule has 5 nitrogen and oxygen atoms in total. The van der Waals surface area contributed by atoms with E-state index in [2.05, 4.69) is 15.0 Å². The second-order valence-electron chi connectivity index (χ2n) is 5.17. The first-order valence-electron chi connectivity index (χ1n) is 7.06. The largest absolute Gasteiger partial charge is 0.349 e. The molecule has 0 atom stereocenters. The van der Waals surface area contributed by atoms with Gasteiger partial charge in [-0.05, 0) is 17.7 Å². The summed E-state index contributed by atoms with van der Waals surface area (Å²) in [4.78, 5) is 12.1. The molecule has 1 aromatic rings. The van der Waals surface area contributed by atoms with Crippen LogP contribution in [0.2, 0.25) is 0 Å². The first-order valence-corrected chi connectivity index (χ1v) is 9.33. The fraction of sp³-hybridized carbons (Fsp3) is 0.400. The molecule has 0 saturated carbocycles. The summed E-state index contributed by atoms with van der Waals surface area (Å²) in [5, 5.41) is 0. The van der Waals surface area contributed by atoms with Gasteiger partial charge in [-0.3, -0.25) is 0 Å². The number of hydrogen-bond donors (Lipinski definition) is 0. The summed E-state index contributed by atoms with van der Waals surface area (Å²) >= 11 is 35.1. The minimum atomic E-state index is -1.90. The van der Waals surface area contributed by atoms with E-state index in [1.807, 2.05) is 18.2 Å². The molecule has 0 fully saturated rings. The van der Waals surface area contributed by atoms with Gasteiger partial charge in [0.15, 0.2) is 23.3 Å². The first kappa shape index (κ1) is 22.2. The zero-order valence-corrected chi connectivity index (χ0v) is 18.1. The van der Waals surface area contributed by atoms with E-state index in [9.17, 15) is 0 Å². The Labute approximate surface area is 180 Å². The highest BCUT2D eigenvalue weighted by Crippen LogP contribution is 2.40. The molecule has 0 unspecified atom stereocenters. The molecule has 1 aliphatic rings. The number of rotatable bonds is 4. The van der Waals surface area contributed by atoms with Crippen molar-refractivity contribution >= 4 is 75.7 Å². The Morgan fingerprint density at radius 2 is 1.46 bits per heavy atom. The van der Waals surface area contributed by atoms with Crippen molar-refractivity contribution in [2.75, 3.05) is 14.2 Å². The van der Waals surface area contributed by atoms with Gasteiger partial charge in [-0.25, -0.2) is 15.0 Å². The van der Waals surface area contributed by atoms with Crippen LogP contribution in [-0.2, 0) is 17.1 Å². The number of nitrogens with zero attached hydrogens (tertiary/aromatic N) is 3. The van der Waals surface area contributed by atoms with Gasteiger partial charge >= 0.3 is 0 Å². The molecule has 0 N–H and O–H groups in total. The van der Waals surface area contributed by atoms with Gasteiger partial charge in [-0.1, -0.05) is 87.8 Å². The topological polar surface area (TPSA) is 57.1 Å². The van der Waals surface area contributed by atoms with Crippen LogP contribution in [0.15, 0.2) is 29.9 Å². The number of halogens is 6. The Hall–Kier alpha value is -0.110. The van der Waals surface area contributed by atoms with Crippen LogP contribution in [0.1, 0.15) is 23.9 Å². The molecule has 1 heterocycles. The number of allylic oxidation sites excluding steroid dienone is 3. The van der Waals surface area contributed by atoms with E-state index in [1.165, 1.54) is 0 Å². The van der Waals surface area contributed by atoms with Crippen molar-refractivity contribution in [3.05, 3.63) is 47.4 Å². The van der Waals surface area contributed by atoms with Gasteiger partial charge in [-0.15, -0.1) is 0 Å². The summed E-state index contributed by atoms with van der Waals surface area (Å²) in [6, 6.07) is 0. The molecule has 1 aliphatic carbocycles. The highest BCUT2D eigenvalue weighted by atomic mass is 35.6. The standard InChI is InChI=1S/C15H13Cl6N3O2/c1-25-13(26-2)7-3-4-9(8-13)5-6-10-22-11(14(16,17)18)24-12(23-10)15(19,20)21/h3-7H,8H2,1-2H3. The monoisotopic (exact) mass is 477 g/mol. The van der Waals surface area contributed by atoms with E-state index in [1.54, 1.807) is 26.4 Å². The normalized spacial score (nSPS) is 17.6. The maximum absolute atomic E-state index is 5.85. The summed E-state index contributed by atoms with van der Waals surface area (Å²) in [5.41, 5.74) is 0.891. The summed E-state index contributed by atoms with van der Waals surface area (Å²) in [6.45, 7) is 0. The predicted molar refractivity (Wildman–Crippen MR) is 106 cm³/mol.